The minimum atomic E-state index is -0.300. The highest BCUT2D eigenvalue weighted by atomic mass is 19.1. The Bertz CT molecular complexity index is 991. The second-order valence-corrected chi connectivity index (χ2v) is 6.77. The molecule has 1 saturated heterocycles. The van der Waals surface area contributed by atoms with Crippen molar-refractivity contribution in [2.75, 3.05) is 38.0 Å². The third kappa shape index (κ3) is 4.32. The third-order valence-electron chi connectivity index (χ3n) is 4.82. The van der Waals surface area contributed by atoms with Gasteiger partial charge in [-0.05, 0) is 43.2 Å². The van der Waals surface area contributed by atoms with Crippen LogP contribution in [0, 0.1) is 5.82 Å². The van der Waals surface area contributed by atoms with E-state index in [0.717, 1.165) is 24.8 Å². The summed E-state index contributed by atoms with van der Waals surface area (Å²) in [6, 6.07) is 9.70. The van der Waals surface area contributed by atoms with E-state index >= 15 is 0 Å². The standard InChI is InChI=1S/C21H23FN4O3/c1-27-18-10-16-17(11-19(18)28-2)25-21(24-14-7-5-13(22)6-8-14)26-20(16)23-12-15-4-3-9-29-15/h5-8,10-11,15H,3-4,9,12H2,1-2H3,(H2,23,24,25,26). The molecule has 29 heavy (non-hydrogen) atoms. The van der Waals surface area contributed by atoms with Gasteiger partial charge in [0.05, 0.1) is 25.8 Å². The first-order valence-electron chi connectivity index (χ1n) is 9.48. The van der Waals surface area contributed by atoms with E-state index < -0.39 is 0 Å². The molecule has 1 aliphatic heterocycles. The predicted octanol–water partition coefficient (Wildman–Crippen LogP) is 4.12. The minimum Gasteiger partial charge on any atom is -0.493 e. The van der Waals surface area contributed by atoms with E-state index in [1.54, 1.807) is 26.4 Å². The molecule has 2 aromatic carbocycles. The smallest absolute Gasteiger partial charge is 0.229 e. The van der Waals surface area contributed by atoms with Crippen LogP contribution in [0.3, 0.4) is 0 Å². The molecule has 3 aromatic rings. The number of fused-ring (bicyclic) bond motifs is 1. The molecule has 152 valence electrons. The highest BCUT2D eigenvalue weighted by Gasteiger charge is 2.18. The number of halogens is 1. The Kier molecular flexibility index (Phi) is 5.62. The molecule has 0 aliphatic carbocycles. The minimum absolute atomic E-state index is 0.161. The van der Waals surface area contributed by atoms with Crippen molar-refractivity contribution >= 4 is 28.4 Å². The molecule has 1 fully saturated rings. The number of nitrogens with one attached hydrogen (secondary N) is 2. The lowest BCUT2D eigenvalue weighted by Gasteiger charge is -2.16. The number of anilines is 3. The van der Waals surface area contributed by atoms with E-state index in [1.807, 2.05) is 12.1 Å². The normalized spacial score (nSPS) is 16.0. The van der Waals surface area contributed by atoms with E-state index in [2.05, 4.69) is 20.6 Å². The number of ether oxygens (including phenoxy) is 3. The van der Waals surface area contributed by atoms with Crippen molar-refractivity contribution in [2.45, 2.75) is 18.9 Å². The molecule has 8 heteroatoms. The number of rotatable bonds is 7. The van der Waals surface area contributed by atoms with Gasteiger partial charge in [0.2, 0.25) is 5.95 Å². The Hall–Kier alpha value is -3.13. The molecule has 0 saturated carbocycles. The highest BCUT2D eigenvalue weighted by Crippen LogP contribution is 2.35. The van der Waals surface area contributed by atoms with E-state index in [4.69, 9.17) is 14.2 Å². The Labute approximate surface area is 168 Å². The first-order chi connectivity index (χ1) is 14.2. The van der Waals surface area contributed by atoms with Crippen molar-refractivity contribution in [1.29, 1.82) is 0 Å². The molecule has 2 heterocycles. The summed E-state index contributed by atoms with van der Waals surface area (Å²) >= 11 is 0. The molecular weight excluding hydrogens is 375 g/mol. The molecule has 0 radical (unpaired) electrons. The van der Waals surface area contributed by atoms with Crippen LogP contribution in [0.5, 0.6) is 11.5 Å². The molecule has 1 aliphatic rings. The van der Waals surface area contributed by atoms with Crippen LogP contribution < -0.4 is 20.1 Å². The van der Waals surface area contributed by atoms with Gasteiger partial charge in [0, 0.05) is 30.3 Å². The molecule has 0 bridgehead atoms. The van der Waals surface area contributed by atoms with Crippen LogP contribution in [-0.2, 0) is 4.74 Å². The van der Waals surface area contributed by atoms with Crippen LogP contribution >= 0.6 is 0 Å². The molecule has 0 spiro atoms. The summed E-state index contributed by atoms with van der Waals surface area (Å²) in [7, 11) is 3.17. The molecule has 7 nitrogen and oxygen atoms in total. The Morgan fingerprint density at radius 2 is 1.86 bits per heavy atom. The molecule has 0 amide bonds. The largest absolute Gasteiger partial charge is 0.493 e. The van der Waals surface area contributed by atoms with Gasteiger partial charge in [0.15, 0.2) is 11.5 Å². The van der Waals surface area contributed by atoms with Gasteiger partial charge in [-0.2, -0.15) is 4.98 Å². The van der Waals surface area contributed by atoms with Gasteiger partial charge in [-0.1, -0.05) is 0 Å². The summed E-state index contributed by atoms with van der Waals surface area (Å²) in [5.74, 6) is 1.94. The topological polar surface area (TPSA) is 77.5 Å². The fraction of sp³-hybridized carbons (Fsp3) is 0.333. The van der Waals surface area contributed by atoms with Gasteiger partial charge in [0.1, 0.15) is 11.6 Å². The molecule has 2 N–H and O–H groups in total. The van der Waals surface area contributed by atoms with Crippen molar-refractivity contribution < 1.29 is 18.6 Å². The molecular formula is C21H23FN4O3. The van der Waals surface area contributed by atoms with Gasteiger partial charge >= 0.3 is 0 Å². The highest BCUT2D eigenvalue weighted by molar-refractivity contribution is 5.93. The summed E-state index contributed by atoms with van der Waals surface area (Å²) in [6.45, 7) is 1.44. The van der Waals surface area contributed by atoms with Gasteiger partial charge in [-0.25, -0.2) is 9.37 Å². The zero-order chi connectivity index (χ0) is 20.2. The monoisotopic (exact) mass is 398 g/mol. The second kappa shape index (κ2) is 8.48. The van der Waals surface area contributed by atoms with E-state index in [9.17, 15) is 4.39 Å². The fourth-order valence-electron chi connectivity index (χ4n) is 3.32. The number of nitrogens with zero attached hydrogens (tertiary/aromatic N) is 2. The molecule has 1 atom stereocenters. The fourth-order valence-corrected chi connectivity index (χ4v) is 3.32. The summed E-state index contributed by atoms with van der Waals surface area (Å²) in [4.78, 5) is 9.23. The lowest BCUT2D eigenvalue weighted by atomic mass is 10.2. The number of hydrogen-bond donors (Lipinski definition) is 2. The second-order valence-electron chi connectivity index (χ2n) is 6.77. The molecule has 4 rings (SSSR count). The van der Waals surface area contributed by atoms with Gasteiger partial charge in [-0.3, -0.25) is 0 Å². The quantitative estimate of drug-likeness (QED) is 0.620. The Balaban J connectivity index is 1.71. The maximum atomic E-state index is 13.2. The summed E-state index contributed by atoms with van der Waals surface area (Å²) < 4.78 is 29.7. The van der Waals surface area contributed by atoms with Crippen molar-refractivity contribution in [3.8, 4) is 11.5 Å². The summed E-state index contributed by atoms with van der Waals surface area (Å²) in [5, 5.41) is 7.32. The zero-order valence-electron chi connectivity index (χ0n) is 16.4. The first-order valence-corrected chi connectivity index (χ1v) is 9.48. The zero-order valence-corrected chi connectivity index (χ0v) is 16.4. The third-order valence-corrected chi connectivity index (χ3v) is 4.82. The van der Waals surface area contributed by atoms with Gasteiger partial charge in [-0.15, -0.1) is 0 Å². The van der Waals surface area contributed by atoms with Crippen LogP contribution in [-0.4, -0.2) is 43.4 Å². The SMILES string of the molecule is COc1cc2nc(Nc3ccc(F)cc3)nc(NCC3CCCO3)c2cc1OC. The van der Waals surface area contributed by atoms with E-state index in [-0.39, 0.29) is 11.9 Å². The van der Waals surface area contributed by atoms with Crippen molar-refractivity contribution in [3.05, 3.63) is 42.2 Å². The van der Waals surface area contributed by atoms with Crippen molar-refractivity contribution in [1.82, 2.24) is 9.97 Å². The van der Waals surface area contributed by atoms with Crippen molar-refractivity contribution in [3.63, 3.8) is 0 Å². The van der Waals surface area contributed by atoms with E-state index in [1.165, 1.54) is 12.1 Å². The van der Waals surface area contributed by atoms with E-state index in [0.29, 0.717) is 41.0 Å². The molecule has 1 aromatic heterocycles. The number of methoxy groups -OCH3 is 2. The maximum absolute atomic E-state index is 13.2. The number of hydrogen-bond acceptors (Lipinski definition) is 7. The van der Waals surface area contributed by atoms with Crippen LogP contribution in [0.1, 0.15) is 12.8 Å². The van der Waals surface area contributed by atoms with Crippen LogP contribution in [0.25, 0.3) is 10.9 Å². The van der Waals surface area contributed by atoms with Crippen LogP contribution in [0.4, 0.5) is 21.8 Å². The van der Waals surface area contributed by atoms with Crippen LogP contribution in [0.15, 0.2) is 36.4 Å². The Morgan fingerprint density at radius 3 is 2.55 bits per heavy atom. The number of aromatic nitrogens is 2. The Morgan fingerprint density at radius 1 is 1.10 bits per heavy atom. The molecule has 1 unspecified atom stereocenters. The predicted molar refractivity (Wildman–Crippen MR) is 110 cm³/mol. The number of benzene rings is 2. The lowest BCUT2D eigenvalue weighted by molar-refractivity contribution is 0.120. The first kappa shape index (κ1) is 19.2. The maximum Gasteiger partial charge on any atom is 0.229 e. The summed E-state index contributed by atoms with van der Waals surface area (Å²) in [5.41, 5.74) is 1.38. The van der Waals surface area contributed by atoms with Gasteiger partial charge in [0.25, 0.3) is 0 Å². The van der Waals surface area contributed by atoms with Crippen molar-refractivity contribution in [2.24, 2.45) is 0 Å². The average molecular weight is 398 g/mol. The average Bonchev–Trinajstić information content (AvgIpc) is 3.26. The van der Waals surface area contributed by atoms with Gasteiger partial charge < -0.3 is 24.8 Å². The summed E-state index contributed by atoms with van der Waals surface area (Å²) in [6.07, 6.45) is 2.25. The van der Waals surface area contributed by atoms with Crippen LogP contribution in [0.2, 0.25) is 0 Å². The lowest BCUT2D eigenvalue weighted by Crippen LogP contribution is -2.19.